The first-order valence-corrected chi connectivity index (χ1v) is 7.14. The number of nitrogens with one attached hydrogen (secondary N) is 1. The second kappa shape index (κ2) is 7.60. The molecule has 0 saturated heterocycles. The molecule has 1 N–H and O–H groups in total. The van der Waals surface area contributed by atoms with Gasteiger partial charge >= 0.3 is 12.4 Å². The summed E-state index contributed by atoms with van der Waals surface area (Å²) in [6, 6.07) is 1.50. The third-order valence-electron chi connectivity index (χ3n) is 3.24. The first kappa shape index (κ1) is 21.4. The molecule has 2 aromatic carbocycles. The van der Waals surface area contributed by atoms with Gasteiger partial charge in [-0.3, -0.25) is 4.79 Å². The van der Waals surface area contributed by atoms with E-state index in [1.165, 1.54) is 0 Å². The SMILES string of the molecule is O=C(COc1cc(C(F)(F)F)cc(C(F)(F)F)c1)Nc1ccc(F)c(F)c1F. The Morgan fingerprint density at radius 1 is 0.857 bits per heavy atom. The Kier molecular flexibility index (Phi) is 5.80. The van der Waals surface area contributed by atoms with Gasteiger partial charge in [-0.25, -0.2) is 13.2 Å². The molecule has 2 aromatic rings. The fourth-order valence-corrected chi connectivity index (χ4v) is 1.97. The van der Waals surface area contributed by atoms with Gasteiger partial charge in [0.05, 0.1) is 16.8 Å². The van der Waals surface area contributed by atoms with Crippen LogP contribution in [0.2, 0.25) is 0 Å². The Morgan fingerprint density at radius 3 is 1.89 bits per heavy atom. The van der Waals surface area contributed by atoms with E-state index in [9.17, 15) is 44.3 Å². The molecule has 0 bridgehead atoms. The van der Waals surface area contributed by atoms with Crippen molar-refractivity contribution in [3.63, 3.8) is 0 Å². The smallest absolute Gasteiger partial charge is 0.416 e. The second-order valence-corrected chi connectivity index (χ2v) is 5.30. The molecule has 152 valence electrons. The van der Waals surface area contributed by atoms with Crippen molar-refractivity contribution in [1.82, 2.24) is 0 Å². The summed E-state index contributed by atoms with van der Waals surface area (Å²) in [4.78, 5) is 11.6. The summed E-state index contributed by atoms with van der Waals surface area (Å²) < 4.78 is 120. The van der Waals surface area contributed by atoms with Crippen LogP contribution in [0, 0.1) is 17.5 Å². The van der Waals surface area contributed by atoms with E-state index < -0.39 is 64.9 Å². The summed E-state index contributed by atoms with van der Waals surface area (Å²) in [7, 11) is 0. The van der Waals surface area contributed by atoms with E-state index in [-0.39, 0.29) is 18.2 Å². The highest BCUT2D eigenvalue weighted by molar-refractivity contribution is 5.92. The van der Waals surface area contributed by atoms with Crippen molar-refractivity contribution in [2.24, 2.45) is 0 Å². The molecule has 0 radical (unpaired) electrons. The molecule has 0 unspecified atom stereocenters. The molecule has 0 atom stereocenters. The summed E-state index contributed by atoms with van der Waals surface area (Å²) in [6.07, 6.45) is -10.2. The van der Waals surface area contributed by atoms with Gasteiger partial charge in [0.15, 0.2) is 24.1 Å². The minimum Gasteiger partial charge on any atom is -0.484 e. The Bertz CT molecular complexity index is 859. The van der Waals surface area contributed by atoms with E-state index in [0.29, 0.717) is 12.1 Å². The number of amides is 1. The maximum atomic E-state index is 13.4. The van der Waals surface area contributed by atoms with Gasteiger partial charge in [0.2, 0.25) is 0 Å². The Hall–Kier alpha value is -2.92. The molecule has 0 spiro atoms. The molecule has 0 heterocycles. The number of rotatable bonds is 4. The Labute approximate surface area is 150 Å². The van der Waals surface area contributed by atoms with Gasteiger partial charge in [0.25, 0.3) is 5.91 Å². The highest BCUT2D eigenvalue weighted by atomic mass is 19.4. The molecule has 12 heteroatoms. The monoisotopic (exact) mass is 417 g/mol. The average Bonchev–Trinajstić information content (AvgIpc) is 2.59. The van der Waals surface area contributed by atoms with Crippen LogP contribution in [0.25, 0.3) is 0 Å². The molecule has 0 aliphatic rings. The molecule has 2 rings (SSSR count). The highest BCUT2D eigenvalue weighted by Gasteiger charge is 2.37. The number of hydrogen-bond donors (Lipinski definition) is 1. The standard InChI is InChI=1S/C16H8F9NO2/c17-10-1-2-11(14(19)13(10)18)26-12(27)6-28-9-4-7(15(20,21)22)3-8(5-9)16(23,24)25/h1-5H,6H2,(H,26,27). The second-order valence-electron chi connectivity index (χ2n) is 5.30. The highest BCUT2D eigenvalue weighted by Crippen LogP contribution is 2.38. The zero-order valence-corrected chi connectivity index (χ0v) is 13.3. The number of halogens is 9. The van der Waals surface area contributed by atoms with Crippen molar-refractivity contribution in [2.45, 2.75) is 12.4 Å². The lowest BCUT2D eigenvalue weighted by molar-refractivity contribution is -0.143. The van der Waals surface area contributed by atoms with Gasteiger partial charge in [0.1, 0.15) is 5.75 Å². The van der Waals surface area contributed by atoms with Gasteiger partial charge in [-0.05, 0) is 30.3 Å². The number of ether oxygens (including phenoxy) is 1. The largest absolute Gasteiger partial charge is 0.484 e. The summed E-state index contributed by atoms with van der Waals surface area (Å²) in [5, 5.41) is 1.75. The van der Waals surface area contributed by atoms with E-state index in [4.69, 9.17) is 0 Å². The van der Waals surface area contributed by atoms with Crippen molar-refractivity contribution in [1.29, 1.82) is 0 Å². The number of anilines is 1. The van der Waals surface area contributed by atoms with Gasteiger partial charge in [-0.15, -0.1) is 0 Å². The summed E-state index contributed by atoms with van der Waals surface area (Å²) in [6.45, 7) is -1.13. The lowest BCUT2D eigenvalue weighted by Gasteiger charge is -2.15. The van der Waals surface area contributed by atoms with Gasteiger partial charge in [-0.1, -0.05) is 0 Å². The van der Waals surface area contributed by atoms with Crippen molar-refractivity contribution in [3.05, 3.63) is 58.9 Å². The minimum absolute atomic E-state index is 0.135. The number of hydrogen-bond acceptors (Lipinski definition) is 2. The predicted molar refractivity (Wildman–Crippen MR) is 76.9 cm³/mol. The molecule has 1 amide bonds. The van der Waals surface area contributed by atoms with Gasteiger partial charge in [-0.2, -0.15) is 26.3 Å². The van der Waals surface area contributed by atoms with Crippen molar-refractivity contribution < 1.29 is 49.0 Å². The van der Waals surface area contributed by atoms with E-state index in [0.717, 1.165) is 0 Å². The lowest BCUT2D eigenvalue weighted by Crippen LogP contribution is -2.21. The maximum Gasteiger partial charge on any atom is 0.416 e. The van der Waals surface area contributed by atoms with E-state index in [1.807, 2.05) is 0 Å². The number of carbonyl (C=O) groups excluding carboxylic acids is 1. The summed E-state index contributed by atoms with van der Waals surface area (Å²) >= 11 is 0. The van der Waals surface area contributed by atoms with Crippen molar-refractivity contribution >= 4 is 11.6 Å². The number of carbonyl (C=O) groups is 1. The predicted octanol–water partition coefficient (Wildman–Crippen LogP) is 5.16. The van der Waals surface area contributed by atoms with Crippen LogP contribution in [-0.2, 0) is 17.1 Å². The first-order chi connectivity index (χ1) is 12.8. The third-order valence-corrected chi connectivity index (χ3v) is 3.24. The minimum atomic E-state index is -5.11. The summed E-state index contributed by atoms with van der Waals surface area (Å²) in [5.41, 5.74) is -4.12. The van der Waals surface area contributed by atoms with Gasteiger partial charge < -0.3 is 10.1 Å². The molecule has 0 aliphatic carbocycles. The van der Waals surface area contributed by atoms with Crippen LogP contribution in [0.4, 0.5) is 45.2 Å². The van der Waals surface area contributed by atoms with Crippen LogP contribution in [0.3, 0.4) is 0 Å². The van der Waals surface area contributed by atoms with Crippen LogP contribution in [0.1, 0.15) is 11.1 Å². The average molecular weight is 417 g/mol. The molecule has 3 nitrogen and oxygen atoms in total. The fraction of sp³-hybridized carbons (Fsp3) is 0.188. The van der Waals surface area contributed by atoms with Crippen molar-refractivity contribution in [3.8, 4) is 5.75 Å². The summed E-state index contributed by atoms with van der Waals surface area (Å²) in [5.74, 6) is -7.33. The zero-order chi connectivity index (χ0) is 21.3. The molecular weight excluding hydrogens is 409 g/mol. The number of alkyl halides is 6. The third kappa shape index (κ3) is 5.08. The van der Waals surface area contributed by atoms with Crippen LogP contribution in [-0.4, -0.2) is 12.5 Å². The van der Waals surface area contributed by atoms with Crippen LogP contribution >= 0.6 is 0 Å². The maximum absolute atomic E-state index is 13.4. The number of benzene rings is 2. The quantitative estimate of drug-likeness (QED) is 0.552. The van der Waals surface area contributed by atoms with Crippen LogP contribution in [0.15, 0.2) is 30.3 Å². The Morgan fingerprint density at radius 2 is 1.39 bits per heavy atom. The van der Waals surface area contributed by atoms with E-state index >= 15 is 0 Å². The topological polar surface area (TPSA) is 38.3 Å². The van der Waals surface area contributed by atoms with Crippen LogP contribution < -0.4 is 10.1 Å². The van der Waals surface area contributed by atoms with Crippen molar-refractivity contribution in [2.75, 3.05) is 11.9 Å². The van der Waals surface area contributed by atoms with Crippen LogP contribution in [0.5, 0.6) is 5.75 Å². The van der Waals surface area contributed by atoms with E-state index in [1.54, 1.807) is 5.32 Å². The van der Waals surface area contributed by atoms with E-state index in [2.05, 4.69) is 4.74 Å². The molecule has 0 saturated carbocycles. The molecule has 0 fully saturated rings. The molecule has 0 aliphatic heterocycles. The fourth-order valence-electron chi connectivity index (χ4n) is 1.97. The Balaban J connectivity index is 2.17. The molecule has 0 aromatic heterocycles. The first-order valence-electron chi connectivity index (χ1n) is 7.14. The van der Waals surface area contributed by atoms with Gasteiger partial charge in [0, 0.05) is 0 Å². The zero-order valence-electron chi connectivity index (χ0n) is 13.3. The lowest BCUT2D eigenvalue weighted by atomic mass is 10.1. The molecular formula is C16H8F9NO2. The normalized spacial score (nSPS) is 12.0. The molecule has 28 heavy (non-hydrogen) atoms.